The van der Waals surface area contributed by atoms with E-state index in [1.807, 2.05) is 13.8 Å². The maximum absolute atomic E-state index is 8.64. The van der Waals surface area contributed by atoms with Crippen LogP contribution >= 0.6 is 0 Å². The standard InChI is InChI=1S/C13H27N3O/c1-11(2)7-10-15-9-6-5-8-13(3,4)12(14)16-17/h7,15,17H,5-6,8-10H2,1-4H3,(H2,14,16). The third-order valence-electron chi connectivity index (χ3n) is 2.86. The van der Waals surface area contributed by atoms with Crippen molar-refractivity contribution in [1.82, 2.24) is 5.32 Å². The zero-order valence-corrected chi connectivity index (χ0v) is 11.6. The predicted octanol–water partition coefficient (Wildman–Crippen LogP) is 2.49. The SMILES string of the molecule is CC(C)=CCNCCCCC(C)(C)C(N)=NO. The minimum Gasteiger partial charge on any atom is -0.409 e. The number of nitrogens with zero attached hydrogens (tertiary/aromatic N) is 1. The Balaban J connectivity index is 3.62. The second-order valence-corrected chi connectivity index (χ2v) is 5.31. The Hall–Kier alpha value is -1.03. The van der Waals surface area contributed by atoms with Gasteiger partial charge in [0.25, 0.3) is 0 Å². The molecule has 0 amide bonds. The Morgan fingerprint density at radius 2 is 2.00 bits per heavy atom. The molecule has 0 saturated carbocycles. The first-order chi connectivity index (χ1) is 7.90. The van der Waals surface area contributed by atoms with Crippen LogP contribution in [0.25, 0.3) is 0 Å². The minimum absolute atomic E-state index is 0.214. The van der Waals surface area contributed by atoms with Crippen LogP contribution in [0, 0.1) is 5.41 Å². The van der Waals surface area contributed by atoms with Crippen molar-refractivity contribution in [2.45, 2.75) is 47.0 Å². The number of hydrogen-bond donors (Lipinski definition) is 3. The number of nitrogens with one attached hydrogen (secondary N) is 1. The van der Waals surface area contributed by atoms with Crippen molar-refractivity contribution in [1.29, 1.82) is 0 Å². The number of allylic oxidation sites excluding steroid dienone is 1. The van der Waals surface area contributed by atoms with Gasteiger partial charge in [-0.15, -0.1) is 0 Å². The maximum Gasteiger partial charge on any atom is 0.144 e. The van der Waals surface area contributed by atoms with Gasteiger partial charge in [0.15, 0.2) is 0 Å². The van der Waals surface area contributed by atoms with Crippen LogP contribution in [0.3, 0.4) is 0 Å². The Morgan fingerprint density at radius 3 is 2.53 bits per heavy atom. The number of oxime groups is 1. The number of unbranched alkanes of at least 4 members (excludes halogenated alkanes) is 1. The largest absolute Gasteiger partial charge is 0.409 e. The van der Waals surface area contributed by atoms with Crippen LogP contribution in [0.5, 0.6) is 0 Å². The van der Waals surface area contributed by atoms with E-state index < -0.39 is 0 Å². The molecule has 0 rings (SSSR count). The molecule has 4 heteroatoms. The highest BCUT2D eigenvalue weighted by atomic mass is 16.4. The molecule has 0 bridgehead atoms. The van der Waals surface area contributed by atoms with Gasteiger partial charge in [-0.1, -0.05) is 37.1 Å². The zero-order valence-electron chi connectivity index (χ0n) is 11.6. The van der Waals surface area contributed by atoms with Gasteiger partial charge >= 0.3 is 0 Å². The van der Waals surface area contributed by atoms with Crippen molar-refractivity contribution in [3.8, 4) is 0 Å². The molecular weight excluding hydrogens is 214 g/mol. The average Bonchev–Trinajstić information content (AvgIpc) is 2.26. The molecule has 0 aliphatic heterocycles. The first-order valence-corrected chi connectivity index (χ1v) is 6.22. The summed E-state index contributed by atoms with van der Waals surface area (Å²) >= 11 is 0. The summed E-state index contributed by atoms with van der Waals surface area (Å²) in [6.45, 7) is 10.1. The van der Waals surface area contributed by atoms with Gasteiger partial charge in [0.2, 0.25) is 0 Å². The van der Waals surface area contributed by atoms with E-state index in [0.29, 0.717) is 5.84 Å². The molecule has 0 radical (unpaired) electrons. The van der Waals surface area contributed by atoms with E-state index in [9.17, 15) is 0 Å². The van der Waals surface area contributed by atoms with Gasteiger partial charge in [0.1, 0.15) is 5.84 Å². The molecule has 0 atom stereocenters. The van der Waals surface area contributed by atoms with Crippen molar-refractivity contribution < 1.29 is 5.21 Å². The summed E-state index contributed by atoms with van der Waals surface area (Å²) in [5.74, 6) is 0.315. The minimum atomic E-state index is -0.214. The van der Waals surface area contributed by atoms with Crippen molar-refractivity contribution in [2.75, 3.05) is 13.1 Å². The molecule has 4 nitrogen and oxygen atoms in total. The summed E-state index contributed by atoms with van der Waals surface area (Å²) in [5, 5.41) is 15.1. The molecule has 0 aliphatic carbocycles. The fourth-order valence-electron chi connectivity index (χ4n) is 1.46. The van der Waals surface area contributed by atoms with Crippen LogP contribution in [0.15, 0.2) is 16.8 Å². The van der Waals surface area contributed by atoms with Gasteiger partial charge < -0.3 is 16.3 Å². The summed E-state index contributed by atoms with van der Waals surface area (Å²) in [4.78, 5) is 0. The molecule has 0 aromatic carbocycles. The highest BCUT2D eigenvalue weighted by molar-refractivity contribution is 5.85. The topological polar surface area (TPSA) is 70.6 Å². The molecule has 0 unspecified atom stereocenters. The van der Waals surface area contributed by atoms with Crippen molar-refractivity contribution in [3.05, 3.63) is 11.6 Å². The van der Waals surface area contributed by atoms with Crippen LogP contribution < -0.4 is 11.1 Å². The van der Waals surface area contributed by atoms with Crippen LogP contribution in [-0.2, 0) is 0 Å². The Bertz CT molecular complexity index is 266. The normalized spacial score (nSPS) is 12.6. The number of rotatable bonds is 8. The Morgan fingerprint density at radius 1 is 1.35 bits per heavy atom. The first kappa shape index (κ1) is 16.0. The van der Waals surface area contributed by atoms with Crippen molar-refractivity contribution >= 4 is 5.84 Å². The quantitative estimate of drug-likeness (QED) is 0.153. The predicted molar refractivity (Wildman–Crippen MR) is 73.3 cm³/mol. The number of nitrogens with two attached hydrogens (primary N) is 1. The molecular formula is C13H27N3O. The van der Waals surface area contributed by atoms with Gasteiger partial charge in [-0.3, -0.25) is 0 Å². The summed E-state index contributed by atoms with van der Waals surface area (Å²) < 4.78 is 0. The highest BCUT2D eigenvalue weighted by Gasteiger charge is 2.22. The number of amidine groups is 1. The van der Waals surface area contributed by atoms with Crippen molar-refractivity contribution in [2.24, 2.45) is 16.3 Å². The lowest BCUT2D eigenvalue weighted by Gasteiger charge is -2.22. The maximum atomic E-state index is 8.64. The summed E-state index contributed by atoms with van der Waals surface area (Å²) in [5.41, 5.74) is 6.75. The fourth-order valence-corrected chi connectivity index (χ4v) is 1.46. The third-order valence-corrected chi connectivity index (χ3v) is 2.86. The van der Waals surface area contributed by atoms with Gasteiger partial charge in [0, 0.05) is 12.0 Å². The zero-order chi connectivity index (χ0) is 13.3. The van der Waals surface area contributed by atoms with E-state index >= 15 is 0 Å². The average molecular weight is 241 g/mol. The molecule has 0 heterocycles. The molecule has 0 aliphatic rings. The summed E-state index contributed by atoms with van der Waals surface area (Å²) in [6, 6.07) is 0. The van der Waals surface area contributed by atoms with E-state index in [-0.39, 0.29) is 5.41 Å². The Labute approximate surface area is 105 Å². The molecule has 0 spiro atoms. The van der Waals surface area contributed by atoms with Crippen LogP contribution in [0.4, 0.5) is 0 Å². The molecule has 0 fully saturated rings. The van der Waals surface area contributed by atoms with Crippen LogP contribution in [-0.4, -0.2) is 24.1 Å². The van der Waals surface area contributed by atoms with Gasteiger partial charge in [-0.05, 0) is 33.2 Å². The lowest BCUT2D eigenvalue weighted by Crippen LogP contribution is -2.32. The summed E-state index contributed by atoms with van der Waals surface area (Å²) in [7, 11) is 0. The monoisotopic (exact) mass is 241 g/mol. The van der Waals surface area contributed by atoms with E-state index in [0.717, 1.165) is 32.4 Å². The van der Waals surface area contributed by atoms with E-state index in [1.165, 1.54) is 5.57 Å². The van der Waals surface area contributed by atoms with Gasteiger partial charge in [0.05, 0.1) is 0 Å². The van der Waals surface area contributed by atoms with E-state index in [2.05, 4.69) is 30.4 Å². The Kier molecular flexibility index (Phi) is 7.63. The molecule has 0 saturated heterocycles. The number of hydrogen-bond acceptors (Lipinski definition) is 3. The molecule has 4 N–H and O–H groups in total. The molecule has 0 aromatic heterocycles. The van der Waals surface area contributed by atoms with Gasteiger partial charge in [-0.2, -0.15) is 0 Å². The third kappa shape index (κ3) is 7.80. The van der Waals surface area contributed by atoms with E-state index in [4.69, 9.17) is 10.9 Å². The smallest absolute Gasteiger partial charge is 0.144 e. The highest BCUT2D eigenvalue weighted by Crippen LogP contribution is 2.22. The fraction of sp³-hybridized carbons (Fsp3) is 0.769. The second kappa shape index (κ2) is 8.12. The molecule has 100 valence electrons. The lowest BCUT2D eigenvalue weighted by molar-refractivity contribution is 0.304. The van der Waals surface area contributed by atoms with Gasteiger partial charge in [-0.25, -0.2) is 0 Å². The van der Waals surface area contributed by atoms with E-state index in [1.54, 1.807) is 0 Å². The van der Waals surface area contributed by atoms with Crippen molar-refractivity contribution in [3.63, 3.8) is 0 Å². The second-order valence-electron chi connectivity index (χ2n) is 5.31. The van der Waals surface area contributed by atoms with Crippen LogP contribution in [0.2, 0.25) is 0 Å². The molecule has 17 heavy (non-hydrogen) atoms. The first-order valence-electron chi connectivity index (χ1n) is 6.22. The summed E-state index contributed by atoms with van der Waals surface area (Å²) in [6.07, 6.45) is 5.30. The lowest BCUT2D eigenvalue weighted by atomic mass is 9.86. The molecule has 0 aromatic rings. The van der Waals surface area contributed by atoms with Crippen LogP contribution in [0.1, 0.15) is 47.0 Å².